The van der Waals surface area contributed by atoms with Crippen molar-refractivity contribution in [1.29, 1.82) is 0 Å². The van der Waals surface area contributed by atoms with E-state index in [1.54, 1.807) is 6.92 Å². The van der Waals surface area contributed by atoms with Crippen molar-refractivity contribution in [2.24, 2.45) is 5.92 Å². The van der Waals surface area contributed by atoms with Crippen LogP contribution in [0.4, 0.5) is 5.69 Å². The minimum Gasteiger partial charge on any atom is -0.389 e. The van der Waals surface area contributed by atoms with Gasteiger partial charge in [-0.25, -0.2) is 0 Å². The molecule has 0 radical (unpaired) electrons. The highest BCUT2D eigenvalue weighted by molar-refractivity contribution is 6.33. The lowest BCUT2D eigenvalue weighted by Crippen LogP contribution is -2.45. The van der Waals surface area contributed by atoms with Crippen molar-refractivity contribution >= 4 is 23.2 Å². The third-order valence-electron chi connectivity index (χ3n) is 4.36. The summed E-state index contributed by atoms with van der Waals surface area (Å²) in [6, 6.07) is 5.87. The summed E-state index contributed by atoms with van der Waals surface area (Å²) < 4.78 is 0. The van der Waals surface area contributed by atoms with E-state index >= 15 is 0 Å². The number of nitrogens with zero attached hydrogens (tertiary/aromatic N) is 1. The molecule has 0 aromatic heterocycles. The number of hydrogen-bond donors (Lipinski definition) is 2. The van der Waals surface area contributed by atoms with Gasteiger partial charge in [-0.2, -0.15) is 0 Å². The third kappa shape index (κ3) is 2.27. The SMILES string of the molecule is CC(O)c1ccc(N2CCCC3C(=O)NCC32)c(Cl)c1. The molecule has 0 spiro atoms. The van der Waals surface area contributed by atoms with Gasteiger partial charge in [-0.15, -0.1) is 0 Å². The smallest absolute Gasteiger partial charge is 0.225 e. The Labute approximate surface area is 123 Å². The minimum absolute atomic E-state index is 0.0799. The first-order chi connectivity index (χ1) is 9.58. The molecule has 2 aliphatic rings. The van der Waals surface area contributed by atoms with Gasteiger partial charge >= 0.3 is 0 Å². The minimum atomic E-state index is -0.523. The number of halogens is 1. The molecular weight excluding hydrogens is 276 g/mol. The Balaban J connectivity index is 1.90. The van der Waals surface area contributed by atoms with Crippen LogP contribution in [0.3, 0.4) is 0 Å². The number of carbonyl (C=O) groups excluding carboxylic acids is 1. The van der Waals surface area contributed by atoms with E-state index in [4.69, 9.17) is 11.6 Å². The zero-order chi connectivity index (χ0) is 14.3. The topological polar surface area (TPSA) is 52.6 Å². The van der Waals surface area contributed by atoms with Crippen LogP contribution in [-0.4, -0.2) is 30.1 Å². The number of anilines is 1. The van der Waals surface area contributed by atoms with Crippen molar-refractivity contribution in [2.45, 2.75) is 31.9 Å². The maximum atomic E-state index is 11.8. The second kappa shape index (κ2) is 5.26. The average Bonchev–Trinajstić information content (AvgIpc) is 2.81. The summed E-state index contributed by atoms with van der Waals surface area (Å²) in [5.41, 5.74) is 1.77. The largest absolute Gasteiger partial charge is 0.389 e. The van der Waals surface area contributed by atoms with Gasteiger partial charge in [0, 0.05) is 13.1 Å². The van der Waals surface area contributed by atoms with E-state index < -0.39 is 6.10 Å². The van der Waals surface area contributed by atoms with Crippen molar-refractivity contribution in [3.8, 4) is 0 Å². The lowest BCUT2D eigenvalue weighted by Gasteiger charge is -2.38. The van der Waals surface area contributed by atoms with Crippen LogP contribution in [-0.2, 0) is 4.79 Å². The Morgan fingerprint density at radius 1 is 1.50 bits per heavy atom. The Bertz CT molecular complexity index is 533. The second-order valence-electron chi connectivity index (χ2n) is 5.64. The number of aliphatic hydroxyl groups is 1. The van der Waals surface area contributed by atoms with Crippen LogP contribution in [0, 0.1) is 5.92 Å². The number of amides is 1. The molecule has 5 heteroatoms. The maximum Gasteiger partial charge on any atom is 0.225 e. The van der Waals surface area contributed by atoms with Crippen LogP contribution < -0.4 is 10.2 Å². The predicted molar refractivity (Wildman–Crippen MR) is 79.0 cm³/mol. The van der Waals surface area contributed by atoms with E-state index in [0.29, 0.717) is 11.6 Å². The first kappa shape index (κ1) is 13.7. The Kier molecular flexibility index (Phi) is 3.61. The van der Waals surface area contributed by atoms with Gasteiger partial charge in [0.2, 0.25) is 5.91 Å². The molecular formula is C15H19ClN2O2. The fourth-order valence-electron chi connectivity index (χ4n) is 3.27. The van der Waals surface area contributed by atoms with E-state index in [2.05, 4.69) is 10.2 Å². The lowest BCUT2D eigenvalue weighted by molar-refractivity contribution is -0.122. The van der Waals surface area contributed by atoms with Gasteiger partial charge < -0.3 is 15.3 Å². The van der Waals surface area contributed by atoms with Crippen molar-refractivity contribution < 1.29 is 9.90 Å². The predicted octanol–water partition coefficient (Wildman–Crippen LogP) is 2.11. The Morgan fingerprint density at radius 3 is 3.00 bits per heavy atom. The van der Waals surface area contributed by atoms with Gasteiger partial charge in [-0.1, -0.05) is 17.7 Å². The summed E-state index contributed by atoms with van der Waals surface area (Å²) in [4.78, 5) is 14.0. The van der Waals surface area contributed by atoms with Crippen LogP contribution in [0.25, 0.3) is 0 Å². The van der Waals surface area contributed by atoms with Gasteiger partial charge in [0.05, 0.1) is 28.8 Å². The molecule has 2 heterocycles. The summed E-state index contributed by atoms with van der Waals surface area (Å²) in [6.07, 6.45) is 1.43. The molecule has 3 atom stereocenters. The highest BCUT2D eigenvalue weighted by Gasteiger charge is 2.41. The van der Waals surface area contributed by atoms with E-state index in [1.165, 1.54) is 0 Å². The third-order valence-corrected chi connectivity index (χ3v) is 4.67. The molecule has 2 saturated heterocycles. The molecule has 0 bridgehead atoms. The summed E-state index contributed by atoms with van der Waals surface area (Å²) >= 11 is 6.38. The number of carbonyl (C=O) groups is 1. The molecule has 2 N–H and O–H groups in total. The van der Waals surface area contributed by atoms with Crippen LogP contribution in [0.5, 0.6) is 0 Å². The van der Waals surface area contributed by atoms with E-state index in [-0.39, 0.29) is 17.9 Å². The normalized spacial score (nSPS) is 27.1. The molecule has 108 valence electrons. The maximum absolute atomic E-state index is 11.8. The number of fused-ring (bicyclic) bond motifs is 1. The summed E-state index contributed by atoms with van der Waals surface area (Å²) in [6.45, 7) is 3.34. The van der Waals surface area contributed by atoms with Crippen molar-refractivity contribution in [3.63, 3.8) is 0 Å². The molecule has 20 heavy (non-hydrogen) atoms. The van der Waals surface area contributed by atoms with Crippen molar-refractivity contribution in [3.05, 3.63) is 28.8 Å². The zero-order valence-corrected chi connectivity index (χ0v) is 12.2. The second-order valence-corrected chi connectivity index (χ2v) is 6.05. The molecule has 3 unspecified atom stereocenters. The molecule has 4 nitrogen and oxygen atoms in total. The molecule has 1 aromatic rings. The lowest BCUT2D eigenvalue weighted by atomic mass is 9.91. The van der Waals surface area contributed by atoms with Crippen LogP contribution in [0.2, 0.25) is 5.02 Å². The molecule has 1 amide bonds. The van der Waals surface area contributed by atoms with E-state index in [9.17, 15) is 9.90 Å². The molecule has 2 fully saturated rings. The number of rotatable bonds is 2. The first-order valence-corrected chi connectivity index (χ1v) is 7.47. The van der Waals surface area contributed by atoms with Crippen molar-refractivity contribution in [2.75, 3.05) is 18.0 Å². The fraction of sp³-hybridized carbons (Fsp3) is 0.533. The zero-order valence-electron chi connectivity index (χ0n) is 11.5. The van der Waals surface area contributed by atoms with Crippen molar-refractivity contribution in [1.82, 2.24) is 5.32 Å². The van der Waals surface area contributed by atoms with Gasteiger partial charge in [-0.3, -0.25) is 4.79 Å². The van der Waals surface area contributed by atoms with Gasteiger partial charge in [0.15, 0.2) is 0 Å². The number of hydrogen-bond acceptors (Lipinski definition) is 3. The number of benzene rings is 1. The van der Waals surface area contributed by atoms with Gasteiger partial charge in [0.1, 0.15) is 0 Å². The van der Waals surface area contributed by atoms with Crippen LogP contribution in [0.15, 0.2) is 18.2 Å². The standard InChI is InChI=1S/C15H19ClN2O2/c1-9(19)10-4-5-13(12(16)7-10)18-6-2-3-11-14(18)8-17-15(11)20/h4-5,7,9,11,14,19H,2-3,6,8H2,1H3,(H,17,20). The molecule has 1 aromatic carbocycles. The molecule has 0 aliphatic carbocycles. The van der Waals surface area contributed by atoms with Crippen LogP contribution >= 0.6 is 11.6 Å². The monoisotopic (exact) mass is 294 g/mol. The van der Waals surface area contributed by atoms with Crippen LogP contribution in [0.1, 0.15) is 31.4 Å². The van der Waals surface area contributed by atoms with Gasteiger partial charge in [0.25, 0.3) is 0 Å². The average molecular weight is 295 g/mol. The number of aliphatic hydroxyl groups excluding tert-OH is 1. The molecule has 2 aliphatic heterocycles. The number of piperidine rings is 1. The summed E-state index contributed by atoms with van der Waals surface area (Å²) in [7, 11) is 0. The Morgan fingerprint density at radius 2 is 2.30 bits per heavy atom. The quantitative estimate of drug-likeness (QED) is 0.878. The van der Waals surface area contributed by atoms with Gasteiger partial charge in [-0.05, 0) is 37.5 Å². The van der Waals surface area contributed by atoms with E-state index in [1.807, 2.05) is 18.2 Å². The molecule has 0 saturated carbocycles. The Hall–Kier alpha value is -1.26. The molecule has 3 rings (SSSR count). The first-order valence-electron chi connectivity index (χ1n) is 7.10. The highest BCUT2D eigenvalue weighted by atomic mass is 35.5. The fourth-order valence-corrected chi connectivity index (χ4v) is 3.56. The highest BCUT2D eigenvalue weighted by Crippen LogP contribution is 2.36. The summed E-state index contributed by atoms with van der Waals surface area (Å²) in [5.74, 6) is 0.243. The number of nitrogens with one attached hydrogen (secondary N) is 1. The van der Waals surface area contributed by atoms with E-state index in [0.717, 1.165) is 30.6 Å². The summed E-state index contributed by atoms with van der Waals surface area (Å²) in [5, 5.41) is 13.2.